The van der Waals surface area contributed by atoms with Crippen molar-refractivity contribution < 1.29 is 9.13 Å². The molecule has 0 aromatic heterocycles. The standard InChI is InChI=1S/C2H4O.CH3F/c1-2-3-1;1-2/h1-2H2;1H3. The molecule has 0 unspecified atom stereocenters. The average molecular weight is 78.1 g/mol. The van der Waals surface area contributed by atoms with Gasteiger partial charge >= 0.3 is 0 Å². The summed E-state index contributed by atoms with van der Waals surface area (Å²) < 4.78 is 14.0. The topological polar surface area (TPSA) is 12.5 Å². The molecule has 1 nitrogen and oxygen atoms in total. The van der Waals surface area contributed by atoms with Gasteiger partial charge in [-0.3, -0.25) is 4.39 Å². The lowest BCUT2D eigenvalue weighted by atomic mass is 11.0. The fourth-order valence-corrected chi connectivity index (χ4v) is 0. The van der Waals surface area contributed by atoms with Crippen LogP contribution in [0.5, 0.6) is 0 Å². The number of epoxide rings is 1. The van der Waals surface area contributed by atoms with Crippen LogP contribution in [0.3, 0.4) is 0 Å². The molecule has 0 aromatic carbocycles. The number of hydrogen-bond donors (Lipinski definition) is 0. The Labute approximate surface area is 30.7 Å². The summed E-state index contributed by atoms with van der Waals surface area (Å²) in [6.07, 6.45) is 0. The van der Waals surface area contributed by atoms with E-state index in [1.54, 1.807) is 0 Å². The third-order valence-corrected chi connectivity index (χ3v) is 0.204. The van der Waals surface area contributed by atoms with Crippen LogP contribution in [0.4, 0.5) is 4.39 Å². The van der Waals surface area contributed by atoms with Crippen molar-refractivity contribution in [2.45, 2.75) is 0 Å². The lowest BCUT2D eigenvalue weighted by Crippen LogP contribution is -1.20. The van der Waals surface area contributed by atoms with Gasteiger partial charge in [-0.1, -0.05) is 0 Å². The molecule has 0 aromatic rings. The summed E-state index contributed by atoms with van der Waals surface area (Å²) in [5, 5.41) is 0. The highest BCUT2D eigenvalue weighted by molar-refractivity contribution is 4.36. The lowest BCUT2D eigenvalue weighted by molar-refractivity contribution is 0.475. The summed E-state index contributed by atoms with van der Waals surface area (Å²) in [6.45, 7) is 2.00. The molecule has 1 saturated heterocycles. The van der Waals surface area contributed by atoms with E-state index >= 15 is 0 Å². The molecule has 5 heavy (non-hydrogen) atoms. The van der Waals surface area contributed by atoms with Gasteiger partial charge in [-0.2, -0.15) is 0 Å². The van der Waals surface area contributed by atoms with Crippen molar-refractivity contribution in [1.82, 2.24) is 0 Å². The Hall–Kier alpha value is -0.110. The Bertz CT molecular complexity index is 11.6. The maximum Gasteiger partial charge on any atom is 0.0785 e. The Morgan fingerprint density at radius 1 is 1.40 bits per heavy atom. The van der Waals surface area contributed by atoms with E-state index in [1.165, 1.54) is 0 Å². The summed E-state index contributed by atoms with van der Waals surface area (Å²) in [5.74, 6) is 0. The molecule has 1 heterocycles. The number of rotatable bonds is 0. The zero-order valence-corrected chi connectivity index (χ0v) is 3.20. The zero-order valence-electron chi connectivity index (χ0n) is 3.20. The molecule has 0 saturated carbocycles. The molecule has 0 radical (unpaired) electrons. The van der Waals surface area contributed by atoms with Crippen LogP contribution in [0, 0.1) is 0 Å². The van der Waals surface area contributed by atoms with Gasteiger partial charge in [-0.25, -0.2) is 0 Å². The molecule has 32 valence electrons. The molecular weight excluding hydrogens is 71.0 g/mol. The van der Waals surface area contributed by atoms with E-state index in [1.807, 2.05) is 0 Å². The molecule has 1 aliphatic heterocycles. The number of ether oxygens (including phenoxy) is 1. The van der Waals surface area contributed by atoms with Gasteiger partial charge in [0, 0.05) is 0 Å². The molecule has 1 fully saturated rings. The van der Waals surface area contributed by atoms with Crippen LogP contribution < -0.4 is 0 Å². The maximum absolute atomic E-state index is 9.50. The van der Waals surface area contributed by atoms with Gasteiger partial charge < -0.3 is 4.74 Å². The molecule has 0 spiro atoms. The van der Waals surface area contributed by atoms with Gasteiger partial charge in [0.15, 0.2) is 0 Å². The van der Waals surface area contributed by atoms with Crippen LogP contribution in [-0.2, 0) is 4.74 Å². The molecule has 0 N–H and O–H groups in total. The first-order valence-corrected chi connectivity index (χ1v) is 1.46. The van der Waals surface area contributed by atoms with Gasteiger partial charge in [-0.05, 0) is 0 Å². The Morgan fingerprint density at radius 2 is 1.60 bits per heavy atom. The van der Waals surface area contributed by atoms with Gasteiger partial charge in [-0.15, -0.1) is 0 Å². The molecule has 2 heteroatoms. The van der Waals surface area contributed by atoms with E-state index in [2.05, 4.69) is 4.74 Å². The normalized spacial score (nSPS) is 15.6. The molecule has 0 atom stereocenters. The van der Waals surface area contributed by atoms with Crippen LogP contribution in [0.2, 0.25) is 0 Å². The first-order chi connectivity index (χ1) is 2.50. The van der Waals surface area contributed by atoms with E-state index < -0.39 is 0 Å². The molecule has 1 aliphatic rings. The Morgan fingerprint density at radius 3 is 1.60 bits per heavy atom. The second-order valence-electron chi connectivity index (χ2n) is 0.612. The monoisotopic (exact) mass is 78.0 g/mol. The molecule has 0 amide bonds. The number of alkyl halides is 1. The van der Waals surface area contributed by atoms with Crippen molar-refractivity contribution in [2.75, 3.05) is 20.4 Å². The van der Waals surface area contributed by atoms with Crippen LogP contribution in [0.1, 0.15) is 0 Å². The molecular formula is C3H7FO. The average Bonchev–Trinajstić information content (AvgIpc) is 2.19. The van der Waals surface area contributed by atoms with Crippen molar-refractivity contribution in [2.24, 2.45) is 0 Å². The van der Waals surface area contributed by atoms with Crippen molar-refractivity contribution in [3.05, 3.63) is 0 Å². The molecule has 0 aliphatic carbocycles. The van der Waals surface area contributed by atoms with Crippen LogP contribution in [-0.4, -0.2) is 20.4 Å². The predicted molar refractivity (Wildman–Crippen MR) is 17.9 cm³/mol. The van der Waals surface area contributed by atoms with E-state index in [-0.39, 0.29) is 0 Å². The van der Waals surface area contributed by atoms with E-state index in [0.29, 0.717) is 7.18 Å². The summed E-state index contributed by atoms with van der Waals surface area (Å²) in [5.41, 5.74) is 0. The third-order valence-electron chi connectivity index (χ3n) is 0.204. The summed E-state index contributed by atoms with van der Waals surface area (Å²) in [4.78, 5) is 0. The second kappa shape index (κ2) is 3.89. The third kappa shape index (κ3) is 17.5. The second-order valence-corrected chi connectivity index (χ2v) is 0.612. The maximum atomic E-state index is 9.50. The first kappa shape index (κ1) is 4.89. The van der Waals surface area contributed by atoms with Gasteiger partial charge in [0.25, 0.3) is 0 Å². The van der Waals surface area contributed by atoms with Crippen molar-refractivity contribution in [3.8, 4) is 0 Å². The van der Waals surface area contributed by atoms with E-state index in [4.69, 9.17) is 0 Å². The first-order valence-electron chi connectivity index (χ1n) is 1.46. The van der Waals surface area contributed by atoms with E-state index in [0.717, 1.165) is 13.2 Å². The van der Waals surface area contributed by atoms with Crippen LogP contribution in [0.25, 0.3) is 0 Å². The fraction of sp³-hybridized carbons (Fsp3) is 1.00. The minimum atomic E-state index is 0.500. The van der Waals surface area contributed by atoms with Crippen molar-refractivity contribution in [1.29, 1.82) is 0 Å². The van der Waals surface area contributed by atoms with Gasteiger partial charge in [0.1, 0.15) is 0 Å². The highest BCUT2D eigenvalue weighted by Gasteiger charge is 1.94. The quantitative estimate of drug-likeness (QED) is 0.386. The largest absolute Gasteiger partial charge is 0.377 e. The zero-order chi connectivity index (χ0) is 4.12. The number of halogens is 1. The molecule has 1 rings (SSSR count). The smallest absolute Gasteiger partial charge is 0.0785 e. The van der Waals surface area contributed by atoms with Crippen LogP contribution in [0.15, 0.2) is 0 Å². The lowest BCUT2D eigenvalue weighted by Gasteiger charge is -1.24. The SMILES string of the molecule is C1CO1.CF. The van der Waals surface area contributed by atoms with Crippen molar-refractivity contribution in [3.63, 3.8) is 0 Å². The predicted octanol–water partition coefficient (Wildman–Crippen LogP) is 0.602. The summed E-state index contributed by atoms with van der Waals surface area (Å²) in [6, 6.07) is 0. The minimum absolute atomic E-state index is 0.500. The van der Waals surface area contributed by atoms with E-state index in [9.17, 15) is 4.39 Å². The van der Waals surface area contributed by atoms with Crippen LogP contribution >= 0.6 is 0 Å². The highest BCUT2D eigenvalue weighted by Crippen LogP contribution is 1.84. The van der Waals surface area contributed by atoms with Gasteiger partial charge in [0.05, 0.1) is 20.4 Å². The van der Waals surface area contributed by atoms with Gasteiger partial charge in [0.2, 0.25) is 0 Å². The van der Waals surface area contributed by atoms with Crippen molar-refractivity contribution >= 4 is 0 Å². The minimum Gasteiger partial charge on any atom is -0.377 e. The number of hydrogen-bond acceptors (Lipinski definition) is 1. The fourth-order valence-electron chi connectivity index (χ4n) is 0. The highest BCUT2D eigenvalue weighted by atomic mass is 19.1. The summed E-state index contributed by atoms with van der Waals surface area (Å²) in [7, 11) is 0.500. The Kier molecular flexibility index (Phi) is 3.80. The molecule has 0 bridgehead atoms. The Balaban J connectivity index is 0.0000000733. The summed E-state index contributed by atoms with van der Waals surface area (Å²) >= 11 is 0.